The van der Waals surface area contributed by atoms with Crippen LogP contribution in [0.1, 0.15) is 32.1 Å². The van der Waals surface area contributed by atoms with Crippen molar-refractivity contribution >= 4 is 0 Å². The Bertz CT molecular complexity index is 202. The van der Waals surface area contributed by atoms with Crippen molar-refractivity contribution in [3.8, 4) is 0 Å². The van der Waals surface area contributed by atoms with Crippen molar-refractivity contribution in [3.63, 3.8) is 0 Å². The van der Waals surface area contributed by atoms with Gasteiger partial charge in [0, 0.05) is 11.6 Å². The van der Waals surface area contributed by atoms with Crippen LogP contribution in [0, 0.1) is 11.8 Å². The predicted molar refractivity (Wildman–Crippen MR) is 46.8 cm³/mol. The molecule has 3 rings (SSSR count). The summed E-state index contributed by atoms with van der Waals surface area (Å²) in [6, 6.07) is 0.754. The van der Waals surface area contributed by atoms with E-state index in [0.29, 0.717) is 6.61 Å². The maximum atomic E-state index is 9.25. The number of nitrogens with one attached hydrogen (secondary N) is 1. The first-order valence-electron chi connectivity index (χ1n) is 5.24. The number of hydrogen-bond acceptors (Lipinski definition) is 2. The molecule has 1 aliphatic heterocycles. The lowest BCUT2D eigenvalue weighted by Crippen LogP contribution is -2.40. The number of fused-ring (bicyclic) bond motifs is 3. The third-order valence-corrected chi connectivity index (χ3v) is 4.23. The number of rotatable bonds is 1. The molecule has 2 heteroatoms. The molecule has 0 bridgehead atoms. The van der Waals surface area contributed by atoms with Gasteiger partial charge in [-0.2, -0.15) is 0 Å². The molecule has 2 nitrogen and oxygen atoms in total. The number of hydrogen-bond donors (Lipinski definition) is 2. The minimum absolute atomic E-state index is 0.194. The second kappa shape index (κ2) is 2.24. The molecule has 0 aromatic heterocycles. The molecule has 0 aromatic carbocycles. The van der Waals surface area contributed by atoms with Gasteiger partial charge in [0.25, 0.3) is 0 Å². The minimum Gasteiger partial charge on any atom is -0.394 e. The van der Waals surface area contributed by atoms with Crippen molar-refractivity contribution in [2.45, 2.75) is 43.7 Å². The molecule has 1 heterocycles. The van der Waals surface area contributed by atoms with Gasteiger partial charge in [0.2, 0.25) is 0 Å². The first-order chi connectivity index (χ1) is 5.86. The molecule has 2 N–H and O–H groups in total. The Morgan fingerprint density at radius 3 is 2.92 bits per heavy atom. The zero-order valence-corrected chi connectivity index (χ0v) is 7.42. The number of aliphatic hydroxyl groups excluding tert-OH is 1. The van der Waals surface area contributed by atoms with E-state index in [0.717, 1.165) is 17.9 Å². The summed E-state index contributed by atoms with van der Waals surface area (Å²) in [5.74, 6) is 1.73. The standard InChI is InChI=1S/C10H17NO/c12-6-10-5-8(10)7-3-1-2-4-9(7)11-10/h7-9,11-12H,1-6H2. The van der Waals surface area contributed by atoms with Gasteiger partial charge in [-0.05, 0) is 31.1 Å². The Labute approximate surface area is 73.4 Å². The molecule has 3 fully saturated rings. The predicted octanol–water partition coefficient (Wildman–Crippen LogP) is 0.899. The van der Waals surface area contributed by atoms with Gasteiger partial charge < -0.3 is 10.4 Å². The van der Waals surface area contributed by atoms with E-state index >= 15 is 0 Å². The van der Waals surface area contributed by atoms with Gasteiger partial charge in [-0.15, -0.1) is 0 Å². The largest absolute Gasteiger partial charge is 0.394 e. The van der Waals surface area contributed by atoms with Crippen LogP contribution in [0.25, 0.3) is 0 Å². The first-order valence-corrected chi connectivity index (χ1v) is 5.24. The summed E-state index contributed by atoms with van der Waals surface area (Å²) >= 11 is 0. The lowest BCUT2D eigenvalue weighted by Gasteiger charge is -2.28. The van der Waals surface area contributed by atoms with Crippen LogP contribution in [-0.4, -0.2) is 23.3 Å². The van der Waals surface area contributed by atoms with E-state index in [4.69, 9.17) is 0 Å². The molecule has 3 aliphatic rings. The lowest BCUT2D eigenvalue weighted by atomic mass is 9.83. The van der Waals surface area contributed by atoms with E-state index in [-0.39, 0.29) is 5.54 Å². The van der Waals surface area contributed by atoms with Crippen LogP contribution in [0.4, 0.5) is 0 Å². The van der Waals surface area contributed by atoms with Gasteiger partial charge >= 0.3 is 0 Å². The monoisotopic (exact) mass is 167 g/mol. The van der Waals surface area contributed by atoms with Gasteiger partial charge in [0.05, 0.1) is 6.61 Å². The molecular weight excluding hydrogens is 150 g/mol. The topological polar surface area (TPSA) is 32.3 Å². The van der Waals surface area contributed by atoms with E-state index in [2.05, 4.69) is 5.32 Å². The van der Waals surface area contributed by atoms with Crippen molar-refractivity contribution < 1.29 is 5.11 Å². The van der Waals surface area contributed by atoms with Crippen molar-refractivity contribution in [2.75, 3.05) is 6.61 Å². The highest BCUT2D eigenvalue weighted by molar-refractivity contribution is 5.20. The summed E-state index contributed by atoms with van der Waals surface area (Å²) in [4.78, 5) is 0. The van der Waals surface area contributed by atoms with E-state index < -0.39 is 0 Å². The number of piperidine rings is 1. The van der Waals surface area contributed by atoms with E-state index in [1.165, 1.54) is 32.1 Å². The van der Waals surface area contributed by atoms with Gasteiger partial charge in [-0.1, -0.05) is 12.8 Å². The third-order valence-electron chi connectivity index (χ3n) is 4.23. The van der Waals surface area contributed by atoms with Crippen molar-refractivity contribution in [1.29, 1.82) is 0 Å². The van der Waals surface area contributed by atoms with E-state index in [9.17, 15) is 5.11 Å². The molecule has 2 saturated carbocycles. The van der Waals surface area contributed by atoms with E-state index in [1.807, 2.05) is 0 Å². The van der Waals surface area contributed by atoms with Gasteiger partial charge in [0.1, 0.15) is 0 Å². The van der Waals surface area contributed by atoms with E-state index in [1.54, 1.807) is 0 Å². The molecule has 0 spiro atoms. The lowest BCUT2D eigenvalue weighted by molar-refractivity contribution is 0.225. The fraction of sp³-hybridized carbons (Fsp3) is 1.00. The first kappa shape index (κ1) is 7.34. The van der Waals surface area contributed by atoms with Gasteiger partial charge in [-0.25, -0.2) is 0 Å². The van der Waals surface area contributed by atoms with Crippen LogP contribution in [0.3, 0.4) is 0 Å². The number of aliphatic hydroxyl groups is 1. The maximum Gasteiger partial charge on any atom is 0.0616 e. The van der Waals surface area contributed by atoms with Crippen molar-refractivity contribution in [2.24, 2.45) is 11.8 Å². The zero-order valence-electron chi connectivity index (χ0n) is 7.42. The summed E-state index contributed by atoms with van der Waals surface area (Å²) in [7, 11) is 0. The Morgan fingerprint density at radius 2 is 2.17 bits per heavy atom. The highest BCUT2D eigenvalue weighted by Gasteiger charge is 2.64. The fourth-order valence-corrected chi connectivity index (χ4v) is 3.48. The highest BCUT2D eigenvalue weighted by atomic mass is 16.3. The Balaban J connectivity index is 1.79. The molecule has 68 valence electrons. The molecule has 12 heavy (non-hydrogen) atoms. The molecule has 1 saturated heterocycles. The highest BCUT2D eigenvalue weighted by Crippen LogP contribution is 2.57. The molecule has 4 unspecified atom stereocenters. The Kier molecular flexibility index (Phi) is 1.37. The minimum atomic E-state index is 0.194. The summed E-state index contributed by atoms with van der Waals surface area (Å²) in [6.45, 7) is 0.366. The summed E-state index contributed by atoms with van der Waals surface area (Å²) in [5.41, 5.74) is 0.194. The fourth-order valence-electron chi connectivity index (χ4n) is 3.48. The van der Waals surface area contributed by atoms with Crippen LogP contribution in [-0.2, 0) is 0 Å². The summed E-state index contributed by atoms with van der Waals surface area (Å²) < 4.78 is 0. The maximum absolute atomic E-state index is 9.25. The molecule has 2 aliphatic carbocycles. The molecular formula is C10H17NO. The normalized spacial score (nSPS) is 56.2. The zero-order chi connectivity index (χ0) is 8.18. The van der Waals surface area contributed by atoms with Crippen LogP contribution in [0.15, 0.2) is 0 Å². The summed E-state index contributed by atoms with van der Waals surface area (Å²) in [5, 5.41) is 12.9. The smallest absolute Gasteiger partial charge is 0.0616 e. The van der Waals surface area contributed by atoms with Crippen LogP contribution >= 0.6 is 0 Å². The molecule has 0 radical (unpaired) electrons. The summed E-state index contributed by atoms with van der Waals surface area (Å²) in [6.07, 6.45) is 6.81. The second-order valence-electron chi connectivity index (χ2n) is 4.82. The van der Waals surface area contributed by atoms with Gasteiger partial charge in [-0.3, -0.25) is 0 Å². The van der Waals surface area contributed by atoms with Crippen LogP contribution in [0.2, 0.25) is 0 Å². The molecule has 4 atom stereocenters. The van der Waals surface area contributed by atoms with Crippen LogP contribution in [0.5, 0.6) is 0 Å². The quantitative estimate of drug-likeness (QED) is 0.608. The Morgan fingerprint density at radius 1 is 1.33 bits per heavy atom. The van der Waals surface area contributed by atoms with Crippen LogP contribution < -0.4 is 5.32 Å². The molecule has 0 aromatic rings. The molecule has 0 amide bonds. The third kappa shape index (κ3) is 0.775. The Hall–Kier alpha value is -0.0800. The average molecular weight is 167 g/mol. The van der Waals surface area contributed by atoms with Gasteiger partial charge in [0.15, 0.2) is 0 Å². The SMILES string of the molecule is OCC12CC1C1CCCCC1N2. The average Bonchev–Trinajstić information content (AvgIpc) is 2.75. The van der Waals surface area contributed by atoms with Crippen molar-refractivity contribution in [3.05, 3.63) is 0 Å². The van der Waals surface area contributed by atoms with Crippen molar-refractivity contribution in [1.82, 2.24) is 5.32 Å². The second-order valence-corrected chi connectivity index (χ2v) is 4.82.